The van der Waals surface area contributed by atoms with Crippen LogP contribution in [-0.4, -0.2) is 14.8 Å². The Morgan fingerprint density at radius 1 is 1.11 bits per heavy atom. The third kappa shape index (κ3) is 2.49. The first-order valence-corrected chi connectivity index (χ1v) is 7.34. The van der Waals surface area contributed by atoms with Gasteiger partial charge in [0.25, 0.3) is 0 Å². The summed E-state index contributed by atoms with van der Waals surface area (Å²) >= 11 is 13.3. The van der Waals surface area contributed by atoms with Crippen LogP contribution in [0.4, 0.5) is 0 Å². The normalized spacial score (nSPS) is 11.9. The molecule has 1 aromatic carbocycles. The van der Waals surface area contributed by atoms with Crippen molar-refractivity contribution in [2.24, 2.45) is 0 Å². The summed E-state index contributed by atoms with van der Waals surface area (Å²) in [7, 11) is 0. The fourth-order valence-electron chi connectivity index (χ4n) is 1.65. The van der Waals surface area contributed by atoms with E-state index in [1.807, 2.05) is 22.8 Å². The predicted molar refractivity (Wildman–Crippen MR) is 80.5 cm³/mol. The van der Waals surface area contributed by atoms with Crippen LogP contribution in [-0.2, 0) is 5.41 Å². The molecule has 0 radical (unpaired) electrons. The van der Waals surface area contributed by atoms with Gasteiger partial charge in [0.2, 0.25) is 5.28 Å². The van der Waals surface area contributed by atoms with Crippen LogP contribution in [0.1, 0.15) is 26.6 Å². The summed E-state index contributed by atoms with van der Waals surface area (Å²) in [4.78, 5) is 0. The number of benzene rings is 1. The third-order valence-corrected chi connectivity index (χ3v) is 3.98. The first-order chi connectivity index (χ1) is 8.32. The summed E-state index contributed by atoms with van der Waals surface area (Å²) in [6.07, 6.45) is 0. The summed E-state index contributed by atoms with van der Waals surface area (Å²) in [6, 6.07) is 5.87. The molecule has 0 spiro atoms. The Hall–Kier alpha value is -0.390. The number of rotatable bonds is 1. The van der Waals surface area contributed by atoms with Crippen LogP contribution < -0.4 is 0 Å². The molecule has 0 aliphatic heterocycles. The largest absolute Gasteiger partial charge is 0.267 e. The third-order valence-electron chi connectivity index (χ3n) is 2.46. The second-order valence-corrected chi connectivity index (χ2v) is 7.00. The molecule has 3 nitrogen and oxygen atoms in total. The van der Waals surface area contributed by atoms with Crippen molar-refractivity contribution in [1.29, 1.82) is 0 Å². The van der Waals surface area contributed by atoms with Gasteiger partial charge in [0.15, 0.2) is 0 Å². The SMILES string of the molecule is CC(C)(C)c1nnc(Cl)n1-c1c(Br)cccc1Br. The fourth-order valence-corrected chi connectivity index (χ4v) is 3.21. The first-order valence-electron chi connectivity index (χ1n) is 5.38. The lowest BCUT2D eigenvalue weighted by Gasteiger charge is -2.20. The van der Waals surface area contributed by atoms with Gasteiger partial charge in [-0.3, -0.25) is 4.57 Å². The van der Waals surface area contributed by atoms with Gasteiger partial charge in [-0.25, -0.2) is 0 Å². The van der Waals surface area contributed by atoms with Gasteiger partial charge in [-0.15, -0.1) is 10.2 Å². The summed E-state index contributed by atoms with van der Waals surface area (Å²) in [5, 5.41) is 8.52. The Labute approximate surface area is 128 Å². The van der Waals surface area contributed by atoms with E-state index < -0.39 is 0 Å². The van der Waals surface area contributed by atoms with Crippen molar-refractivity contribution in [1.82, 2.24) is 14.8 Å². The van der Waals surface area contributed by atoms with E-state index in [1.54, 1.807) is 0 Å². The van der Waals surface area contributed by atoms with Crippen LogP contribution in [0, 0.1) is 0 Å². The van der Waals surface area contributed by atoms with Gasteiger partial charge in [-0.2, -0.15) is 0 Å². The van der Waals surface area contributed by atoms with E-state index in [9.17, 15) is 0 Å². The van der Waals surface area contributed by atoms with Gasteiger partial charge in [0.1, 0.15) is 5.82 Å². The number of hydrogen-bond acceptors (Lipinski definition) is 2. The van der Waals surface area contributed by atoms with Crippen molar-refractivity contribution in [3.05, 3.63) is 38.3 Å². The number of para-hydroxylation sites is 1. The quantitative estimate of drug-likeness (QED) is 0.700. The summed E-state index contributed by atoms with van der Waals surface area (Å²) in [6.45, 7) is 6.23. The molecule has 0 saturated carbocycles. The monoisotopic (exact) mass is 391 g/mol. The molecule has 0 aliphatic carbocycles. The molecular formula is C12H12Br2ClN3. The van der Waals surface area contributed by atoms with Crippen LogP contribution in [0.15, 0.2) is 27.1 Å². The van der Waals surface area contributed by atoms with E-state index in [-0.39, 0.29) is 5.41 Å². The summed E-state index contributed by atoms with van der Waals surface area (Å²) in [5.41, 5.74) is 0.770. The van der Waals surface area contributed by atoms with E-state index in [2.05, 4.69) is 62.8 Å². The molecule has 0 saturated heterocycles. The number of hydrogen-bond donors (Lipinski definition) is 0. The van der Waals surface area contributed by atoms with Crippen molar-refractivity contribution in [3.63, 3.8) is 0 Å². The lowest BCUT2D eigenvalue weighted by molar-refractivity contribution is 0.532. The molecule has 0 unspecified atom stereocenters. The van der Waals surface area contributed by atoms with Gasteiger partial charge >= 0.3 is 0 Å². The molecule has 1 heterocycles. The molecule has 2 aromatic rings. The molecule has 18 heavy (non-hydrogen) atoms. The second-order valence-electron chi connectivity index (χ2n) is 4.95. The Morgan fingerprint density at radius 2 is 1.67 bits per heavy atom. The van der Waals surface area contributed by atoms with E-state index in [0.717, 1.165) is 20.5 Å². The maximum absolute atomic E-state index is 6.18. The standard InChI is InChI=1S/C12H12Br2ClN3/c1-12(2,3)10-16-17-11(15)18(10)9-7(13)5-4-6-8(9)14/h4-6H,1-3H3. The van der Waals surface area contributed by atoms with Crippen LogP contribution in [0.3, 0.4) is 0 Å². The molecule has 0 atom stereocenters. The second kappa shape index (κ2) is 4.94. The van der Waals surface area contributed by atoms with Gasteiger partial charge < -0.3 is 0 Å². The highest BCUT2D eigenvalue weighted by atomic mass is 79.9. The maximum Gasteiger partial charge on any atom is 0.229 e. The van der Waals surface area contributed by atoms with Crippen molar-refractivity contribution >= 4 is 43.5 Å². The Bertz CT molecular complexity index is 567. The van der Waals surface area contributed by atoms with Crippen molar-refractivity contribution in [2.45, 2.75) is 26.2 Å². The molecule has 0 aliphatic rings. The molecule has 0 N–H and O–H groups in total. The van der Waals surface area contributed by atoms with Gasteiger partial charge in [-0.1, -0.05) is 26.8 Å². The van der Waals surface area contributed by atoms with E-state index in [4.69, 9.17) is 11.6 Å². The minimum atomic E-state index is -0.144. The van der Waals surface area contributed by atoms with Gasteiger partial charge in [0, 0.05) is 14.4 Å². The van der Waals surface area contributed by atoms with Crippen molar-refractivity contribution in [3.8, 4) is 5.69 Å². The Kier molecular flexibility index (Phi) is 3.85. The molecular weight excluding hydrogens is 381 g/mol. The van der Waals surface area contributed by atoms with Gasteiger partial charge in [-0.05, 0) is 55.6 Å². The summed E-state index contributed by atoms with van der Waals surface area (Å²) in [5.74, 6) is 0.820. The lowest BCUT2D eigenvalue weighted by atomic mass is 9.95. The average molecular weight is 394 g/mol. The average Bonchev–Trinajstić information content (AvgIpc) is 2.60. The zero-order chi connectivity index (χ0) is 13.5. The molecule has 0 bridgehead atoms. The molecule has 0 fully saturated rings. The predicted octanol–water partition coefficient (Wildman–Crippen LogP) is 4.74. The maximum atomic E-state index is 6.18. The molecule has 2 rings (SSSR count). The molecule has 6 heteroatoms. The first kappa shape index (κ1) is 14.0. The van der Waals surface area contributed by atoms with Gasteiger partial charge in [0.05, 0.1) is 5.69 Å². The van der Waals surface area contributed by atoms with Crippen molar-refractivity contribution < 1.29 is 0 Å². The van der Waals surface area contributed by atoms with Crippen LogP contribution in [0.2, 0.25) is 5.28 Å². The minimum absolute atomic E-state index is 0.144. The number of nitrogens with zero attached hydrogens (tertiary/aromatic N) is 3. The zero-order valence-electron chi connectivity index (χ0n) is 10.2. The van der Waals surface area contributed by atoms with Crippen molar-refractivity contribution in [2.75, 3.05) is 0 Å². The van der Waals surface area contributed by atoms with E-state index in [0.29, 0.717) is 5.28 Å². The lowest BCUT2D eigenvalue weighted by Crippen LogP contribution is -2.18. The Morgan fingerprint density at radius 3 is 2.17 bits per heavy atom. The van der Waals surface area contributed by atoms with Crippen LogP contribution in [0.5, 0.6) is 0 Å². The van der Waals surface area contributed by atoms with E-state index >= 15 is 0 Å². The highest BCUT2D eigenvalue weighted by molar-refractivity contribution is 9.11. The highest BCUT2D eigenvalue weighted by Gasteiger charge is 2.26. The number of aromatic nitrogens is 3. The smallest absolute Gasteiger partial charge is 0.229 e. The fraction of sp³-hybridized carbons (Fsp3) is 0.333. The Balaban J connectivity index is 2.76. The topological polar surface area (TPSA) is 30.7 Å². The number of halogens is 3. The van der Waals surface area contributed by atoms with Crippen LogP contribution in [0.25, 0.3) is 5.69 Å². The van der Waals surface area contributed by atoms with Crippen LogP contribution >= 0.6 is 43.5 Å². The molecule has 1 aromatic heterocycles. The summed E-state index contributed by atoms with van der Waals surface area (Å²) < 4.78 is 3.73. The zero-order valence-corrected chi connectivity index (χ0v) is 14.1. The molecule has 0 amide bonds. The highest BCUT2D eigenvalue weighted by Crippen LogP contribution is 2.34. The molecule has 96 valence electrons. The minimum Gasteiger partial charge on any atom is -0.267 e. The van der Waals surface area contributed by atoms with E-state index in [1.165, 1.54) is 0 Å².